The first-order chi connectivity index (χ1) is 5.60. The Morgan fingerprint density at radius 3 is 1.64 bits per heavy atom. The second-order valence-electron chi connectivity index (χ2n) is 2.50. The molecule has 0 bridgehead atoms. The van der Waals surface area contributed by atoms with E-state index < -0.39 is 37.9 Å². The van der Waals surface area contributed by atoms with Crippen LogP contribution in [-0.2, 0) is 4.79 Å². The second kappa shape index (κ2) is 10.8. The molecule has 0 aliphatic rings. The Hall–Kier alpha value is 1.31. The van der Waals surface area contributed by atoms with Crippen molar-refractivity contribution < 1.29 is 25.2 Å². The van der Waals surface area contributed by atoms with Gasteiger partial charge in [0.15, 0.2) is 0 Å². The fraction of sp³-hybridized carbons (Fsp3) is 0.833. The molecule has 0 saturated heterocycles. The molecule has 0 spiro atoms. The molecular formula is C6H13NNa2O5. The van der Waals surface area contributed by atoms with Crippen LogP contribution in [0, 0.1) is 0 Å². The van der Waals surface area contributed by atoms with Gasteiger partial charge < -0.3 is 20.4 Å². The molecule has 0 aromatic rings. The van der Waals surface area contributed by atoms with Gasteiger partial charge in [-0.15, -0.1) is 0 Å². The van der Waals surface area contributed by atoms with Gasteiger partial charge in [0.25, 0.3) is 0 Å². The molecule has 0 heterocycles. The predicted octanol–water partition coefficient (Wildman–Crippen LogP) is -3.39. The summed E-state index contributed by atoms with van der Waals surface area (Å²) in [5.41, 5.74) is -1.31. The van der Waals surface area contributed by atoms with Crippen LogP contribution >= 0.6 is 0 Å². The smallest absolute Gasteiger partial charge is 0.317 e. The van der Waals surface area contributed by atoms with E-state index in [1.165, 1.54) is 0 Å². The molecular weight excluding hydrogens is 212 g/mol. The molecule has 0 fully saturated rings. The molecule has 2 radical (unpaired) electrons. The Labute approximate surface area is 126 Å². The van der Waals surface area contributed by atoms with Gasteiger partial charge in [-0.25, -0.2) is 0 Å². The van der Waals surface area contributed by atoms with Crippen molar-refractivity contribution in [2.45, 2.75) is 5.54 Å². The number of aliphatic hydroxyl groups excluding tert-OH is 3. The Balaban J connectivity index is -0.000000605. The third-order valence-electron chi connectivity index (χ3n) is 1.52. The van der Waals surface area contributed by atoms with Crippen molar-refractivity contribution in [3.05, 3.63) is 0 Å². The van der Waals surface area contributed by atoms with E-state index in [0.717, 1.165) is 0 Å². The number of carbonyl (C=O) groups is 1. The van der Waals surface area contributed by atoms with Gasteiger partial charge in [-0.05, 0) is 0 Å². The minimum absolute atomic E-state index is 0. The molecule has 0 saturated carbocycles. The molecule has 74 valence electrons. The monoisotopic (exact) mass is 225 g/mol. The summed E-state index contributed by atoms with van der Waals surface area (Å²) in [7, 11) is 0. The summed E-state index contributed by atoms with van der Waals surface area (Å²) in [4.78, 5) is 10.1. The fourth-order valence-corrected chi connectivity index (χ4v) is 0.581. The van der Waals surface area contributed by atoms with Crippen molar-refractivity contribution in [2.75, 3.05) is 26.4 Å². The van der Waals surface area contributed by atoms with Crippen molar-refractivity contribution in [2.24, 2.45) is 0 Å². The normalized spacial score (nSPS) is 9.93. The van der Waals surface area contributed by atoms with Gasteiger partial charge in [0.05, 0.1) is 31.9 Å². The number of hydrogen-bond donors (Lipinski definition) is 5. The van der Waals surface area contributed by atoms with Crippen LogP contribution in [0.4, 0.5) is 0 Å². The number of carboxylic acid groups (broad SMARTS) is 1. The largest absolute Gasteiger partial charge is 0.480 e. The summed E-state index contributed by atoms with van der Waals surface area (Å²) < 4.78 is 0. The molecule has 0 aromatic carbocycles. The Morgan fingerprint density at radius 2 is 1.43 bits per heavy atom. The number of aliphatic hydroxyl groups is 3. The summed E-state index contributed by atoms with van der Waals surface area (Å²) in [6.45, 7) is -1.98. The van der Waals surface area contributed by atoms with Crippen LogP contribution in [0.3, 0.4) is 0 Å². The molecule has 8 heteroatoms. The van der Waals surface area contributed by atoms with Crippen LogP contribution in [0.25, 0.3) is 0 Å². The third kappa shape index (κ3) is 7.58. The maximum atomic E-state index is 10.1. The zero-order chi connectivity index (χ0) is 9.61. The standard InChI is InChI=1S/C6H13NO5.2Na/c8-2-6(3-9,4-10)7-1-5(11)12;;/h7-10H,1-4H2,(H,11,12);;. The molecule has 0 amide bonds. The summed E-state index contributed by atoms with van der Waals surface area (Å²) in [5, 5.41) is 36.7. The van der Waals surface area contributed by atoms with Crippen molar-refractivity contribution in [1.82, 2.24) is 5.32 Å². The van der Waals surface area contributed by atoms with E-state index in [-0.39, 0.29) is 59.1 Å². The first-order valence-electron chi connectivity index (χ1n) is 3.39. The average molecular weight is 225 g/mol. The summed E-state index contributed by atoms with van der Waals surface area (Å²) in [5.74, 6) is -1.12. The topological polar surface area (TPSA) is 110 Å². The van der Waals surface area contributed by atoms with Gasteiger partial charge in [-0.1, -0.05) is 0 Å². The van der Waals surface area contributed by atoms with Gasteiger partial charge in [-0.2, -0.15) is 0 Å². The van der Waals surface area contributed by atoms with Crippen LogP contribution in [-0.4, -0.2) is 117 Å². The van der Waals surface area contributed by atoms with Crippen LogP contribution < -0.4 is 5.32 Å². The molecule has 0 aromatic heterocycles. The minimum Gasteiger partial charge on any atom is -0.480 e. The van der Waals surface area contributed by atoms with Crippen molar-refractivity contribution in [3.63, 3.8) is 0 Å². The maximum Gasteiger partial charge on any atom is 0.317 e. The van der Waals surface area contributed by atoms with Gasteiger partial charge in [0, 0.05) is 59.1 Å². The Morgan fingerprint density at radius 1 is 1.07 bits per heavy atom. The molecule has 0 unspecified atom stereocenters. The number of nitrogens with one attached hydrogen (secondary N) is 1. The summed E-state index contributed by atoms with van der Waals surface area (Å²) in [6, 6.07) is 0. The molecule has 0 atom stereocenters. The Bertz CT molecular complexity index is 145. The molecule has 5 N–H and O–H groups in total. The number of rotatable bonds is 6. The second-order valence-corrected chi connectivity index (χ2v) is 2.50. The summed E-state index contributed by atoms with van der Waals surface area (Å²) in [6.07, 6.45) is 0. The van der Waals surface area contributed by atoms with Crippen LogP contribution in [0.1, 0.15) is 0 Å². The Kier molecular flexibility index (Phi) is 16.0. The third-order valence-corrected chi connectivity index (χ3v) is 1.52. The first-order valence-corrected chi connectivity index (χ1v) is 3.39. The van der Waals surface area contributed by atoms with Crippen molar-refractivity contribution in [3.8, 4) is 0 Å². The van der Waals surface area contributed by atoms with Crippen LogP contribution in [0.2, 0.25) is 0 Å². The predicted molar refractivity (Wildman–Crippen MR) is 51.1 cm³/mol. The van der Waals surface area contributed by atoms with E-state index in [1.807, 2.05) is 0 Å². The van der Waals surface area contributed by atoms with Crippen molar-refractivity contribution in [1.29, 1.82) is 0 Å². The molecule has 0 aliphatic carbocycles. The van der Waals surface area contributed by atoms with E-state index in [2.05, 4.69) is 5.32 Å². The average Bonchev–Trinajstić information content (AvgIpc) is 2.08. The fourth-order valence-electron chi connectivity index (χ4n) is 0.581. The van der Waals surface area contributed by atoms with E-state index in [1.54, 1.807) is 0 Å². The van der Waals surface area contributed by atoms with E-state index in [4.69, 9.17) is 20.4 Å². The van der Waals surface area contributed by atoms with Crippen LogP contribution in [0.5, 0.6) is 0 Å². The van der Waals surface area contributed by atoms with Crippen LogP contribution in [0.15, 0.2) is 0 Å². The van der Waals surface area contributed by atoms with Gasteiger partial charge in [0.1, 0.15) is 0 Å². The maximum absolute atomic E-state index is 10.1. The molecule has 0 rings (SSSR count). The zero-order valence-corrected chi connectivity index (χ0v) is 12.5. The quantitative estimate of drug-likeness (QED) is 0.302. The van der Waals surface area contributed by atoms with Gasteiger partial charge >= 0.3 is 5.97 Å². The number of carboxylic acids is 1. The van der Waals surface area contributed by atoms with Gasteiger partial charge in [0.2, 0.25) is 0 Å². The summed E-state index contributed by atoms with van der Waals surface area (Å²) >= 11 is 0. The van der Waals surface area contributed by atoms with Crippen molar-refractivity contribution >= 4 is 65.1 Å². The minimum atomic E-state index is -1.31. The molecule has 14 heavy (non-hydrogen) atoms. The van der Waals surface area contributed by atoms with E-state index >= 15 is 0 Å². The van der Waals surface area contributed by atoms with Gasteiger partial charge in [-0.3, -0.25) is 10.1 Å². The van der Waals surface area contributed by atoms with E-state index in [9.17, 15) is 4.79 Å². The molecule has 6 nitrogen and oxygen atoms in total. The zero-order valence-electron chi connectivity index (χ0n) is 8.53. The van der Waals surface area contributed by atoms with E-state index in [0.29, 0.717) is 0 Å². The number of aliphatic carboxylic acids is 1. The SMILES string of the molecule is O=C(O)CNC(CO)(CO)CO.[Na].[Na]. The number of hydrogen-bond acceptors (Lipinski definition) is 5. The first kappa shape index (κ1) is 20.7. The molecule has 0 aliphatic heterocycles.